The molecule has 2 aromatic rings. The Balaban J connectivity index is 2.35. The summed E-state index contributed by atoms with van der Waals surface area (Å²) >= 11 is 0. The monoisotopic (exact) mass is 292 g/mol. The molecule has 4 N–H and O–H groups in total. The fourth-order valence-corrected chi connectivity index (χ4v) is 2.84. The topological polar surface area (TPSA) is 92.4 Å². The second-order valence-electron chi connectivity index (χ2n) is 4.63. The van der Waals surface area contributed by atoms with Gasteiger partial charge in [0.15, 0.2) is 0 Å². The van der Waals surface area contributed by atoms with E-state index in [1.807, 2.05) is 0 Å². The molecule has 6 heteroatoms. The summed E-state index contributed by atoms with van der Waals surface area (Å²) < 4.78 is 26.9. The fraction of sp³-hybridized carbons (Fsp3) is 0.143. The Morgan fingerprint density at radius 2 is 1.75 bits per heavy atom. The predicted molar refractivity (Wildman–Crippen MR) is 79.2 cm³/mol. The Labute approximate surface area is 118 Å². The van der Waals surface area contributed by atoms with Gasteiger partial charge in [-0.05, 0) is 49.2 Å². The van der Waals surface area contributed by atoms with Crippen molar-refractivity contribution in [1.82, 2.24) is 0 Å². The SMILES string of the molecule is Cc1cc(S(=O)(=O)Nc2ccc(C)c(O)c2)ccc1N. The zero-order chi connectivity index (χ0) is 14.9. The lowest BCUT2D eigenvalue weighted by molar-refractivity contribution is 0.471. The normalized spacial score (nSPS) is 11.3. The second-order valence-corrected chi connectivity index (χ2v) is 6.31. The number of hydrogen-bond acceptors (Lipinski definition) is 4. The lowest BCUT2D eigenvalue weighted by Crippen LogP contribution is -2.13. The van der Waals surface area contributed by atoms with Crippen molar-refractivity contribution in [2.45, 2.75) is 18.7 Å². The van der Waals surface area contributed by atoms with Gasteiger partial charge in [-0.3, -0.25) is 4.72 Å². The zero-order valence-electron chi connectivity index (χ0n) is 11.2. The van der Waals surface area contributed by atoms with Gasteiger partial charge in [-0.1, -0.05) is 6.07 Å². The smallest absolute Gasteiger partial charge is 0.261 e. The van der Waals surface area contributed by atoms with Crippen LogP contribution in [0.4, 0.5) is 11.4 Å². The van der Waals surface area contributed by atoms with Gasteiger partial charge in [0.25, 0.3) is 10.0 Å². The largest absolute Gasteiger partial charge is 0.508 e. The van der Waals surface area contributed by atoms with Crippen LogP contribution in [0.2, 0.25) is 0 Å². The van der Waals surface area contributed by atoms with Crippen molar-refractivity contribution in [1.29, 1.82) is 0 Å². The molecule has 0 aliphatic carbocycles. The summed E-state index contributed by atoms with van der Waals surface area (Å²) in [7, 11) is -3.70. The minimum absolute atomic E-state index is 0.0405. The van der Waals surface area contributed by atoms with Crippen LogP contribution in [-0.4, -0.2) is 13.5 Å². The first-order chi connectivity index (χ1) is 9.29. The van der Waals surface area contributed by atoms with Crippen molar-refractivity contribution in [3.63, 3.8) is 0 Å². The first-order valence-electron chi connectivity index (χ1n) is 5.98. The van der Waals surface area contributed by atoms with Crippen molar-refractivity contribution >= 4 is 21.4 Å². The molecule has 0 saturated carbocycles. The summed E-state index contributed by atoms with van der Waals surface area (Å²) in [5.74, 6) is 0.0405. The van der Waals surface area contributed by atoms with Gasteiger partial charge < -0.3 is 10.8 Å². The molecule has 0 atom stereocenters. The van der Waals surface area contributed by atoms with Crippen molar-refractivity contribution in [2.75, 3.05) is 10.5 Å². The second kappa shape index (κ2) is 5.05. The third-order valence-electron chi connectivity index (χ3n) is 3.01. The van der Waals surface area contributed by atoms with E-state index in [2.05, 4.69) is 4.72 Å². The molecule has 0 radical (unpaired) electrons. The quantitative estimate of drug-likeness (QED) is 0.757. The first kappa shape index (κ1) is 14.2. The Morgan fingerprint density at radius 1 is 1.05 bits per heavy atom. The van der Waals surface area contributed by atoms with Crippen LogP contribution in [0.5, 0.6) is 5.75 Å². The maximum atomic E-state index is 12.2. The van der Waals surface area contributed by atoms with Crippen LogP contribution >= 0.6 is 0 Å². The van der Waals surface area contributed by atoms with Gasteiger partial charge in [-0.15, -0.1) is 0 Å². The summed E-state index contributed by atoms with van der Waals surface area (Å²) in [5.41, 5.74) is 7.89. The van der Waals surface area contributed by atoms with Gasteiger partial charge in [0.1, 0.15) is 5.75 Å². The minimum Gasteiger partial charge on any atom is -0.508 e. The number of aromatic hydroxyl groups is 1. The van der Waals surface area contributed by atoms with E-state index < -0.39 is 10.0 Å². The summed E-state index contributed by atoms with van der Waals surface area (Å²) in [6, 6.07) is 9.11. The van der Waals surface area contributed by atoms with Crippen LogP contribution < -0.4 is 10.5 Å². The highest BCUT2D eigenvalue weighted by Crippen LogP contribution is 2.24. The average Bonchev–Trinajstić information content (AvgIpc) is 2.37. The molecule has 5 nitrogen and oxygen atoms in total. The summed E-state index contributed by atoms with van der Waals surface area (Å²) in [6.07, 6.45) is 0. The van der Waals surface area contributed by atoms with E-state index in [9.17, 15) is 13.5 Å². The average molecular weight is 292 g/mol. The molecule has 0 bridgehead atoms. The third-order valence-corrected chi connectivity index (χ3v) is 4.39. The van der Waals surface area contributed by atoms with E-state index in [0.717, 1.165) is 0 Å². The van der Waals surface area contributed by atoms with E-state index >= 15 is 0 Å². The highest BCUT2D eigenvalue weighted by molar-refractivity contribution is 7.92. The van der Waals surface area contributed by atoms with Gasteiger partial charge in [0.2, 0.25) is 0 Å². The van der Waals surface area contributed by atoms with E-state index in [-0.39, 0.29) is 10.6 Å². The molecule has 0 aliphatic rings. The number of benzene rings is 2. The molecule has 2 aromatic carbocycles. The van der Waals surface area contributed by atoms with Crippen LogP contribution in [0.25, 0.3) is 0 Å². The van der Waals surface area contributed by atoms with Gasteiger partial charge in [0, 0.05) is 11.8 Å². The van der Waals surface area contributed by atoms with Crippen LogP contribution in [0.1, 0.15) is 11.1 Å². The maximum absolute atomic E-state index is 12.2. The number of nitrogen functional groups attached to an aromatic ring is 1. The molecule has 106 valence electrons. The molecule has 0 fully saturated rings. The molecule has 0 aliphatic heterocycles. The maximum Gasteiger partial charge on any atom is 0.261 e. The van der Waals surface area contributed by atoms with E-state index in [1.165, 1.54) is 18.2 Å². The zero-order valence-corrected chi connectivity index (χ0v) is 12.0. The van der Waals surface area contributed by atoms with E-state index in [4.69, 9.17) is 5.73 Å². The number of nitrogens with two attached hydrogens (primary N) is 1. The number of nitrogens with one attached hydrogen (secondary N) is 1. The molecule has 0 spiro atoms. The number of aryl methyl sites for hydroxylation is 2. The van der Waals surface area contributed by atoms with Crippen LogP contribution in [-0.2, 0) is 10.0 Å². The predicted octanol–water partition coefficient (Wildman–Crippen LogP) is 2.39. The van der Waals surface area contributed by atoms with Crippen molar-refractivity contribution in [3.05, 3.63) is 47.5 Å². The van der Waals surface area contributed by atoms with Crippen molar-refractivity contribution < 1.29 is 13.5 Å². The van der Waals surface area contributed by atoms with Crippen LogP contribution in [0.3, 0.4) is 0 Å². The number of hydrogen-bond donors (Lipinski definition) is 3. The molecule has 0 amide bonds. The summed E-state index contributed by atoms with van der Waals surface area (Å²) in [4.78, 5) is 0.129. The Kier molecular flexibility index (Phi) is 3.59. The highest BCUT2D eigenvalue weighted by Gasteiger charge is 2.15. The third kappa shape index (κ3) is 2.85. The van der Waals surface area contributed by atoms with Crippen LogP contribution in [0, 0.1) is 13.8 Å². The minimum atomic E-state index is -3.70. The lowest BCUT2D eigenvalue weighted by atomic mass is 10.2. The Bertz CT molecular complexity index is 755. The van der Waals surface area contributed by atoms with E-state index in [0.29, 0.717) is 22.5 Å². The van der Waals surface area contributed by atoms with Gasteiger partial charge in [0.05, 0.1) is 10.6 Å². The van der Waals surface area contributed by atoms with Crippen molar-refractivity contribution in [3.8, 4) is 5.75 Å². The first-order valence-corrected chi connectivity index (χ1v) is 7.46. The molecule has 2 rings (SSSR count). The number of sulfonamides is 1. The molecule has 0 unspecified atom stereocenters. The summed E-state index contributed by atoms with van der Waals surface area (Å²) in [6.45, 7) is 3.48. The van der Waals surface area contributed by atoms with Gasteiger partial charge in [-0.2, -0.15) is 0 Å². The van der Waals surface area contributed by atoms with Gasteiger partial charge in [-0.25, -0.2) is 8.42 Å². The number of phenols is 1. The number of rotatable bonds is 3. The highest BCUT2D eigenvalue weighted by atomic mass is 32.2. The number of phenolic OH excluding ortho intramolecular Hbond substituents is 1. The molecular formula is C14H16N2O3S. The molecular weight excluding hydrogens is 276 g/mol. The summed E-state index contributed by atoms with van der Waals surface area (Å²) in [5, 5.41) is 9.60. The Morgan fingerprint density at radius 3 is 2.35 bits per heavy atom. The molecule has 0 heterocycles. The molecule has 20 heavy (non-hydrogen) atoms. The fourth-order valence-electron chi connectivity index (χ4n) is 1.70. The van der Waals surface area contributed by atoms with E-state index in [1.54, 1.807) is 32.0 Å². The standard InChI is InChI=1S/C14H16N2O3S/c1-9-3-4-11(8-14(9)17)16-20(18,19)12-5-6-13(15)10(2)7-12/h3-8,16-17H,15H2,1-2H3. The molecule has 0 saturated heterocycles. The van der Waals surface area contributed by atoms with Gasteiger partial charge >= 0.3 is 0 Å². The Hall–Kier alpha value is -2.21. The lowest BCUT2D eigenvalue weighted by Gasteiger charge is -2.10. The van der Waals surface area contributed by atoms with Crippen molar-refractivity contribution in [2.24, 2.45) is 0 Å². The molecule has 0 aromatic heterocycles. The number of anilines is 2. The van der Waals surface area contributed by atoms with Crippen LogP contribution in [0.15, 0.2) is 41.3 Å².